The Hall–Kier alpha value is -4.19. The molecule has 0 aromatic heterocycles. The van der Waals surface area contributed by atoms with Crippen molar-refractivity contribution in [3.63, 3.8) is 0 Å². The number of ketones is 1. The number of methoxy groups -OCH3 is 1. The number of para-hydroxylation sites is 1. The fourth-order valence-electron chi connectivity index (χ4n) is 3.04. The first kappa shape index (κ1) is 20.1. The Balaban J connectivity index is 1.49. The highest BCUT2D eigenvalue weighted by molar-refractivity contribution is 6.12. The molecule has 1 aliphatic heterocycles. The van der Waals surface area contributed by atoms with Crippen LogP contribution in [0.1, 0.15) is 26.3 Å². The van der Waals surface area contributed by atoms with Crippen LogP contribution >= 0.6 is 0 Å². The van der Waals surface area contributed by atoms with Gasteiger partial charge in [-0.15, -0.1) is 0 Å². The second kappa shape index (κ2) is 8.67. The summed E-state index contributed by atoms with van der Waals surface area (Å²) in [6.07, 6.45) is 5.08. The normalized spacial score (nSPS) is 13.9. The van der Waals surface area contributed by atoms with Crippen molar-refractivity contribution in [1.29, 1.82) is 0 Å². The molecule has 1 heterocycles. The molecule has 0 N–H and O–H groups in total. The summed E-state index contributed by atoms with van der Waals surface area (Å²) in [7, 11) is 1.59. The molecular formula is C25H17FO5. The summed E-state index contributed by atoms with van der Waals surface area (Å²) >= 11 is 0. The quantitative estimate of drug-likeness (QED) is 0.324. The Morgan fingerprint density at radius 3 is 2.58 bits per heavy atom. The minimum Gasteiger partial charge on any atom is -0.496 e. The summed E-state index contributed by atoms with van der Waals surface area (Å²) in [5.41, 5.74) is 1.44. The van der Waals surface area contributed by atoms with Crippen LogP contribution in [-0.4, -0.2) is 18.9 Å². The predicted octanol–water partition coefficient (Wildman–Crippen LogP) is 5.23. The first-order valence-electron chi connectivity index (χ1n) is 9.41. The Labute approximate surface area is 178 Å². The first-order valence-corrected chi connectivity index (χ1v) is 9.41. The first-order chi connectivity index (χ1) is 15.0. The molecule has 3 aromatic rings. The maximum atomic E-state index is 13.0. The van der Waals surface area contributed by atoms with E-state index in [-0.39, 0.29) is 22.9 Å². The number of halogens is 1. The molecule has 0 spiro atoms. The molecule has 0 fully saturated rings. The van der Waals surface area contributed by atoms with Gasteiger partial charge in [0.15, 0.2) is 5.76 Å². The number of hydrogen-bond acceptors (Lipinski definition) is 5. The van der Waals surface area contributed by atoms with Crippen LogP contribution in [0.15, 0.2) is 84.6 Å². The monoisotopic (exact) mass is 416 g/mol. The number of benzene rings is 3. The lowest BCUT2D eigenvalue weighted by molar-refractivity contribution is 0.0734. The summed E-state index contributed by atoms with van der Waals surface area (Å²) in [6.45, 7) is 0. The summed E-state index contributed by atoms with van der Waals surface area (Å²) in [6, 6.07) is 17.0. The van der Waals surface area contributed by atoms with E-state index >= 15 is 0 Å². The van der Waals surface area contributed by atoms with E-state index in [2.05, 4.69) is 0 Å². The van der Waals surface area contributed by atoms with Gasteiger partial charge in [0.1, 0.15) is 23.1 Å². The van der Waals surface area contributed by atoms with Crippen LogP contribution in [0.3, 0.4) is 0 Å². The third-order valence-electron chi connectivity index (χ3n) is 4.59. The number of fused-ring (bicyclic) bond motifs is 1. The number of esters is 1. The number of carbonyl (C=O) groups excluding carboxylic acids is 2. The van der Waals surface area contributed by atoms with Crippen LogP contribution in [0.4, 0.5) is 4.39 Å². The van der Waals surface area contributed by atoms with Gasteiger partial charge in [-0.25, -0.2) is 9.18 Å². The average molecular weight is 416 g/mol. The van der Waals surface area contributed by atoms with E-state index in [4.69, 9.17) is 14.2 Å². The third kappa shape index (κ3) is 4.38. The molecule has 0 aliphatic carbocycles. The maximum Gasteiger partial charge on any atom is 0.343 e. The highest BCUT2D eigenvalue weighted by Gasteiger charge is 2.27. The van der Waals surface area contributed by atoms with Gasteiger partial charge in [-0.3, -0.25) is 4.79 Å². The Kier molecular flexibility index (Phi) is 5.62. The third-order valence-corrected chi connectivity index (χ3v) is 4.59. The molecule has 1 aliphatic rings. The standard InChI is InChI=1S/C25H17FO5/c1-29-21-7-3-2-5-16(21)6-4-8-22-24(27)20-14-13-19(15-23(20)31-22)30-25(28)17-9-11-18(26)12-10-17/h2-15H,1H3. The lowest BCUT2D eigenvalue weighted by Gasteiger charge is -2.05. The topological polar surface area (TPSA) is 61.8 Å². The fourth-order valence-corrected chi connectivity index (χ4v) is 3.04. The van der Waals surface area contributed by atoms with Crippen LogP contribution in [-0.2, 0) is 0 Å². The van der Waals surface area contributed by atoms with Gasteiger partial charge in [0, 0.05) is 11.6 Å². The number of carbonyl (C=O) groups is 2. The minimum atomic E-state index is -0.639. The highest BCUT2D eigenvalue weighted by atomic mass is 19.1. The molecule has 154 valence electrons. The van der Waals surface area contributed by atoms with E-state index in [1.165, 1.54) is 42.5 Å². The molecule has 0 amide bonds. The smallest absolute Gasteiger partial charge is 0.343 e. The average Bonchev–Trinajstić information content (AvgIpc) is 3.09. The van der Waals surface area contributed by atoms with Crippen molar-refractivity contribution in [2.24, 2.45) is 0 Å². The van der Waals surface area contributed by atoms with E-state index in [9.17, 15) is 14.0 Å². The van der Waals surface area contributed by atoms with Crippen LogP contribution in [0.5, 0.6) is 17.2 Å². The summed E-state index contributed by atoms with van der Waals surface area (Å²) in [5.74, 6) is 0.0313. The number of allylic oxidation sites excluding steroid dienone is 3. The largest absolute Gasteiger partial charge is 0.496 e. The number of hydrogen-bond donors (Lipinski definition) is 0. The Bertz CT molecular complexity index is 1210. The molecule has 0 saturated carbocycles. The molecule has 6 heteroatoms. The van der Waals surface area contributed by atoms with Crippen molar-refractivity contribution in [3.05, 3.63) is 107 Å². The van der Waals surface area contributed by atoms with Gasteiger partial charge in [0.05, 0.1) is 18.2 Å². The predicted molar refractivity (Wildman–Crippen MR) is 113 cm³/mol. The number of rotatable bonds is 5. The van der Waals surface area contributed by atoms with E-state index < -0.39 is 11.8 Å². The van der Waals surface area contributed by atoms with Gasteiger partial charge in [-0.2, -0.15) is 0 Å². The minimum absolute atomic E-state index is 0.156. The zero-order chi connectivity index (χ0) is 21.8. The SMILES string of the molecule is COc1ccccc1C=CC=C1Oc2cc(OC(=O)c3ccc(F)cc3)ccc2C1=O. The number of Topliss-reactive ketones (excluding diaryl/α,β-unsaturated/α-hetero) is 1. The van der Waals surface area contributed by atoms with Crippen molar-refractivity contribution >= 4 is 17.8 Å². The lowest BCUT2D eigenvalue weighted by Crippen LogP contribution is -2.08. The van der Waals surface area contributed by atoms with Gasteiger partial charge < -0.3 is 14.2 Å². The van der Waals surface area contributed by atoms with Crippen molar-refractivity contribution in [1.82, 2.24) is 0 Å². The van der Waals surface area contributed by atoms with Gasteiger partial charge >= 0.3 is 5.97 Å². The second-order valence-corrected chi connectivity index (χ2v) is 6.62. The van der Waals surface area contributed by atoms with Crippen LogP contribution in [0.2, 0.25) is 0 Å². The van der Waals surface area contributed by atoms with Gasteiger partial charge in [0.2, 0.25) is 5.78 Å². The Morgan fingerprint density at radius 2 is 1.81 bits per heavy atom. The van der Waals surface area contributed by atoms with Gasteiger partial charge in [0.25, 0.3) is 0 Å². The fraction of sp³-hybridized carbons (Fsp3) is 0.0400. The highest BCUT2D eigenvalue weighted by Crippen LogP contribution is 2.34. The zero-order valence-electron chi connectivity index (χ0n) is 16.5. The molecular weight excluding hydrogens is 399 g/mol. The van der Waals surface area contributed by atoms with E-state index in [0.29, 0.717) is 17.1 Å². The summed E-state index contributed by atoms with van der Waals surface area (Å²) in [4.78, 5) is 24.8. The van der Waals surface area contributed by atoms with E-state index in [1.54, 1.807) is 25.3 Å². The molecule has 0 atom stereocenters. The van der Waals surface area contributed by atoms with Crippen LogP contribution < -0.4 is 14.2 Å². The molecule has 4 rings (SSSR count). The van der Waals surface area contributed by atoms with Crippen molar-refractivity contribution < 1.29 is 28.2 Å². The molecule has 5 nitrogen and oxygen atoms in total. The van der Waals surface area contributed by atoms with Crippen LogP contribution in [0, 0.1) is 5.82 Å². The lowest BCUT2D eigenvalue weighted by atomic mass is 10.1. The molecule has 31 heavy (non-hydrogen) atoms. The summed E-state index contributed by atoms with van der Waals surface area (Å²) in [5, 5.41) is 0. The maximum absolute atomic E-state index is 13.0. The molecule has 0 bridgehead atoms. The van der Waals surface area contributed by atoms with E-state index in [0.717, 1.165) is 5.56 Å². The Morgan fingerprint density at radius 1 is 1.03 bits per heavy atom. The number of ether oxygens (including phenoxy) is 3. The zero-order valence-corrected chi connectivity index (χ0v) is 16.5. The molecule has 0 saturated heterocycles. The van der Waals surface area contributed by atoms with Gasteiger partial charge in [-0.05, 0) is 48.5 Å². The molecule has 0 unspecified atom stereocenters. The van der Waals surface area contributed by atoms with Crippen LogP contribution in [0.25, 0.3) is 6.08 Å². The van der Waals surface area contributed by atoms with E-state index in [1.807, 2.05) is 24.3 Å². The van der Waals surface area contributed by atoms with Crippen molar-refractivity contribution in [2.75, 3.05) is 7.11 Å². The van der Waals surface area contributed by atoms with Gasteiger partial charge in [-0.1, -0.05) is 30.4 Å². The van der Waals surface area contributed by atoms with Crippen molar-refractivity contribution in [2.45, 2.75) is 0 Å². The van der Waals surface area contributed by atoms with Crippen molar-refractivity contribution in [3.8, 4) is 17.2 Å². The second-order valence-electron chi connectivity index (χ2n) is 6.62. The summed E-state index contributed by atoms with van der Waals surface area (Å²) < 4.78 is 29.2. The molecule has 3 aromatic carbocycles. The molecule has 0 radical (unpaired) electrons.